The van der Waals surface area contributed by atoms with Crippen LogP contribution in [0.5, 0.6) is 0 Å². The molecule has 160 valence electrons. The van der Waals surface area contributed by atoms with Gasteiger partial charge in [-0.25, -0.2) is 4.39 Å². The highest BCUT2D eigenvalue weighted by Crippen LogP contribution is 2.28. The maximum absolute atomic E-state index is 13.5. The molecule has 1 aromatic carbocycles. The Hall–Kier alpha value is -2.03. The zero-order valence-electron chi connectivity index (χ0n) is 17.2. The first-order chi connectivity index (χ1) is 14.8. The van der Waals surface area contributed by atoms with Gasteiger partial charge in [-0.05, 0) is 42.9 Å². The molecule has 0 atom stereocenters. The number of aryl methyl sites for hydroxylation is 1. The zero-order valence-corrected chi connectivity index (χ0v) is 18.0. The highest BCUT2D eigenvalue weighted by Gasteiger charge is 2.12. The molecule has 0 radical (unpaired) electrons. The van der Waals surface area contributed by atoms with Crippen LogP contribution in [0.1, 0.15) is 31.4 Å². The first kappa shape index (κ1) is 21.2. The number of thioether (sulfide) groups is 1. The van der Waals surface area contributed by atoms with Gasteiger partial charge < -0.3 is 4.74 Å². The Kier molecular flexibility index (Phi) is 7.66. The minimum absolute atomic E-state index is 0.210. The molecule has 1 fully saturated rings. The Balaban J connectivity index is 1.12. The molecule has 1 aliphatic heterocycles. The fourth-order valence-corrected chi connectivity index (χ4v) is 4.68. The molecule has 3 aromatic rings. The number of fused-ring (bicyclic) bond motifs is 1. The van der Waals surface area contributed by atoms with Crippen molar-refractivity contribution in [3.63, 3.8) is 0 Å². The fourth-order valence-electron chi connectivity index (χ4n) is 3.64. The predicted molar refractivity (Wildman–Crippen MR) is 117 cm³/mol. The van der Waals surface area contributed by atoms with Crippen LogP contribution in [0.2, 0.25) is 0 Å². The first-order valence-corrected chi connectivity index (χ1v) is 11.6. The largest absolute Gasteiger partial charge is 0.379 e. The molecule has 4 rings (SSSR count). The van der Waals surface area contributed by atoms with E-state index in [2.05, 4.69) is 26.4 Å². The van der Waals surface area contributed by atoms with Crippen LogP contribution in [0.3, 0.4) is 0 Å². The summed E-state index contributed by atoms with van der Waals surface area (Å²) >= 11 is 1.79. The van der Waals surface area contributed by atoms with E-state index in [-0.39, 0.29) is 5.82 Å². The number of nitrogens with zero attached hydrogens (tertiary/aromatic N) is 5. The Labute approximate surface area is 180 Å². The number of morpholine rings is 1. The average molecular weight is 430 g/mol. The van der Waals surface area contributed by atoms with Crippen LogP contribution in [-0.2, 0) is 17.8 Å². The monoisotopic (exact) mass is 429 g/mol. The van der Waals surface area contributed by atoms with Crippen molar-refractivity contribution in [2.75, 3.05) is 32.1 Å². The molecule has 1 saturated heterocycles. The van der Waals surface area contributed by atoms with Gasteiger partial charge in [0.2, 0.25) is 0 Å². The van der Waals surface area contributed by atoms with Gasteiger partial charge in [-0.2, -0.15) is 0 Å². The number of unbranched alkanes of at least 4 members (excludes halogenated alkanes) is 3. The van der Waals surface area contributed by atoms with Crippen molar-refractivity contribution in [2.24, 2.45) is 0 Å². The summed E-state index contributed by atoms with van der Waals surface area (Å²) in [5, 5.41) is 9.46. The van der Waals surface area contributed by atoms with Gasteiger partial charge in [-0.3, -0.25) is 14.6 Å². The maximum Gasteiger partial charge on any atom is 0.124 e. The van der Waals surface area contributed by atoms with Gasteiger partial charge in [0.1, 0.15) is 5.82 Å². The number of benzene rings is 1. The number of pyridine rings is 1. The van der Waals surface area contributed by atoms with E-state index in [1.807, 2.05) is 10.7 Å². The molecule has 0 saturated carbocycles. The lowest BCUT2D eigenvalue weighted by Crippen LogP contribution is -2.35. The summed E-state index contributed by atoms with van der Waals surface area (Å²) < 4.78 is 20.9. The minimum atomic E-state index is -0.210. The molecule has 0 bridgehead atoms. The minimum Gasteiger partial charge on any atom is -0.379 e. The van der Waals surface area contributed by atoms with Crippen molar-refractivity contribution < 1.29 is 9.13 Å². The van der Waals surface area contributed by atoms with Crippen molar-refractivity contribution >= 4 is 22.7 Å². The maximum atomic E-state index is 13.5. The van der Waals surface area contributed by atoms with Crippen LogP contribution < -0.4 is 0 Å². The molecule has 3 heterocycles. The van der Waals surface area contributed by atoms with Gasteiger partial charge in [-0.15, -0.1) is 16.9 Å². The zero-order chi connectivity index (χ0) is 20.6. The second-order valence-corrected chi connectivity index (χ2v) is 8.73. The molecule has 1 aliphatic rings. The molecule has 0 spiro atoms. The van der Waals surface area contributed by atoms with E-state index in [0.29, 0.717) is 0 Å². The molecule has 8 heteroatoms. The van der Waals surface area contributed by atoms with Crippen molar-refractivity contribution in [1.82, 2.24) is 24.9 Å². The summed E-state index contributed by atoms with van der Waals surface area (Å²) in [5.41, 5.74) is 1.89. The highest BCUT2D eigenvalue weighted by atomic mass is 32.2. The lowest BCUT2D eigenvalue weighted by atomic mass is 10.2. The van der Waals surface area contributed by atoms with Crippen LogP contribution >= 0.6 is 11.8 Å². The quantitative estimate of drug-likeness (QED) is 0.356. The first-order valence-electron chi connectivity index (χ1n) is 10.6. The molecular weight excluding hydrogens is 401 g/mol. The summed E-state index contributed by atoms with van der Waals surface area (Å²) in [4.78, 5) is 7.78. The van der Waals surface area contributed by atoms with Gasteiger partial charge in [0.05, 0.1) is 24.4 Å². The lowest BCUT2D eigenvalue weighted by Gasteiger charge is -2.25. The standard InChI is InChI=1S/C22H28FN5OS/c23-18-5-6-21-20(15-18)22(7-8-24-21)30-14-4-2-1-3-9-28-17-19(25-26-28)16-27-10-12-29-13-11-27/h5-8,15,17H,1-4,9-14,16H2. The van der Waals surface area contributed by atoms with Crippen LogP contribution in [0.4, 0.5) is 4.39 Å². The number of rotatable bonds is 10. The Morgan fingerprint density at radius 3 is 2.83 bits per heavy atom. The summed E-state index contributed by atoms with van der Waals surface area (Å²) in [6.45, 7) is 5.32. The fraction of sp³-hybridized carbons (Fsp3) is 0.500. The summed E-state index contributed by atoms with van der Waals surface area (Å²) in [6.07, 6.45) is 8.47. The third kappa shape index (κ3) is 6.00. The van der Waals surface area contributed by atoms with Crippen molar-refractivity contribution in [3.05, 3.63) is 48.2 Å². The van der Waals surface area contributed by atoms with E-state index >= 15 is 0 Å². The number of hydrogen-bond donors (Lipinski definition) is 0. The summed E-state index contributed by atoms with van der Waals surface area (Å²) in [5.74, 6) is 0.821. The second-order valence-electron chi connectivity index (χ2n) is 7.59. The van der Waals surface area contributed by atoms with E-state index in [4.69, 9.17) is 4.74 Å². The van der Waals surface area contributed by atoms with E-state index in [0.717, 1.165) is 79.5 Å². The van der Waals surface area contributed by atoms with E-state index < -0.39 is 0 Å². The molecule has 0 unspecified atom stereocenters. The Morgan fingerprint density at radius 2 is 1.93 bits per heavy atom. The molecule has 2 aromatic heterocycles. The predicted octanol–water partition coefficient (Wildman–Crippen LogP) is 4.15. The number of hydrogen-bond acceptors (Lipinski definition) is 6. The van der Waals surface area contributed by atoms with Crippen LogP contribution in [0, 0.1) is 5.82 Å². The Bertz CT molecular complexity index is 944. The third-order valence-corrected chi connectivity index (χ3v) is 6.44. The number of ether oxygens (including phenoxy) is 1. The average Bonchev–Trinajstić information content (AvgIpc) is 3.21. The van der Waals surface area contributed by atoms with Crippen LogP contribution in [0.25, 0.3) is 10.9 Å². The third-order valence-electron chi connectivity index (χ3n) is 5.28. The van der Waals surface area contributed by atoms with Crippen LogP contribution in [0.15, 0.2) is 41.6 Å². The highest BCUT2D eigenvalue weighted by molar-refractivity contribution is 7.99. The van der Waals surface area contributed by atoms with Crippen molar-refractivity contribution in [2.45, 2.75) is 43.7 Å². The van der Waals surface area contributed by atoms with Gasteiger partial charge in [0.25, 0.3) is 0 Å². The van der Waals surface area contributed by atoms with Crippen molar-refractivity contribution in [1.29, 1.82) is 0 Å². The van der Waals surface area contributed by atoms with Gasteiger partial charge in [-0.1, -0.05) is 18.1 Å². The number of halogens is 1. The normalized spacial score (nSPS) is 15.1. The van der Waals surface area contributed by atoms with Gasteiger partial charge in [0.15, 0.2) is 0 Å². The smallest absolute Gasteiger partial charge is 0.124 e. The SMILES string of the molecule is Fc1ccc2nccc(SCCCCCCn3cc(CN4CCOCC4)nn3)c2c1. The molecule has 0 amide bonds. The molecule has 0 aliphatic carbocycles. The number of aromatic nitrogens is 4. The summed E-state index contributed by atoms with van der Waals surface area (Å²) in [6, 6.07) is 6.76. The van der Waals surface area contributed by atoms with E-state index in [1.165, 1.54) is 18.9 Å². The molecule has 0 N–H and O–H groups in total. The van der Waals surface area contributed by atoms with Gasteiger partial charge >= 0.3 is 0 Å². The van der Waals surface area contributed by atoms with Crippen molar-refractivity contribution in [3.8, 4) is 0 Å². The second kappa shape index (κ2) is 10.8. The van der Waals surface area contributed by atoms with E-state index in [9.17, 15) is 4.39 Å². The van der Waals surface area contributed by atoms with Crippen LogP contribution in [-0.4, -0.2) is 56.9 Å². The Morgan fingerprint density at radius 1 is 1.07 bits per heavy atom. The molecule has 6 nitrogen and oxygen atoms in total. The molecule has 30 heavy (non-hydrogen) atoms. The topological polar surface area (TPSA) is 56.1 Å². The van der Waals surface area contributed by atoms with Gasteiger partial charge in [0, 0.05) is 48.9 Å². The van der Waals surface area contributed by atoms with E-state index in [1.54, 1.807) is 30.1 Å². The lowest BCUT2D eigenvalue weighted by molar-refractivity contribution is 0.0336. The molecular formula is C22H28FN5OS. The summed E-state index contributed by atoms with van der Waals surface area (Å²) in [7, 11) is 0.